The number of anilines is 3. The number of nitrogens with two attached hydrogens (primary N) is 3. The van der Waals surface area contributed by atoms with E-state index in [0.29, 0.717) is 78.5 Å². The van der Waals surface area contributed by atoms with Gasteiger partial charge in [0.1, 0.15) is 34.5 Å². The van der Waals surface area contributed by atoms with E-state index in [4.69, 9.17) is 66.2 Å². The highest BCUT2D eigenvalue weighted by Crippen LogP contribution is 2.63. The molecule has 8 rings (SSSR count). The fraction of sp³-hybridized carbons (Fsp3) is 0.294. The van der Waals surface area contributed by atoms with Crippen LogP contribution in [0.5, 0.6) is 34.5 Å². The smallest absolute Gasteiger partial charge is 0.150 e. The topological polar surface area (TPSA) is 106 Å². The van der Waals surface area contributed by atoms with Gasteiger partial charge < -0.3 is 31.4 Å². The Morgan fingerprint density at radius 3 is 1.28 bits per heavy atom. The van der Waals surface area contributed by atoms with Crippen LogP contribution in [0.15, 0.2) is 66.7 Å². The summed E-state index contributed by atoms with van der Waals surface area (Å²) in [5.41, 5.74) is 21.3. The van der Waals surface area contributed by atoms with Crippen molar-refractivity contribution in [2.24, 2.45) is 23.7 Å². The maximum atomic E-state index is 6.66. The third-order valence-corrected chi connectivity index (χ3v) is 9.93. The van der Waals surface area contributed by atoms with Crippen LogP contribution in [0.3, 0.4) is 0 Å². The highest BCUT2D eigenvalue weighted by molar-refractivity contribution is 6.31. The molecule has 0 heterocycles. The van der Waals surface area contributed by atoms with Gasteiger partial charge in [-0.1, -0.05) is 34.8 Å². The molecule has 4 aromatic carbocycles. The lowest BCUT2D eigenvalue weighted by Crippen LogP contribution is -2.43. The van der Waals surface area contributed by atoms with E-state index in [1.807, 2.05) is 12.1 Å². The maximum Gasteiger partial charge on any atom is 0.150 e. The monoisotopic (exact) mass is 635 g/mol. The van der Waals surface area contributed by atoms with Crippen molar-refractivity contribution in [1.82, 2.24) is 0 Å². The molecule has 43 heavy (non-hydrogen) atoms. The Morgan fingerprint density at radius 1 is 0.488 bits per heavy atom. The van der Waals surface area contributed by atoms with E-state index in [2.05, 4.69) is 0 Å². The van der Waals surface area contributed by atoms with Crippen LogP contribution in [-0.2, 0) is 0 Å². The molecule has 0 spiro atoms. The number of rotatable bonds is 7. The zero-order valence-corrected chi connectivity index (χ0v) is 25.6. The average molecular weight is 637 g/mol. The van der Waals surface area contributed by atoms with E-state index in [1.54, 1.807) is 54.6 Å². The van der Waals surface area contributed by atoms with Crippen LogP contribution in [0, 0.1) is 23.7 Å². The number of ether oxygens (including phenoxy) is 3. The molecule has 0 aromatic heterocycles. The second-order valence-electron chi connectivity index (χ2n) is 12.1. The molecule has 4 fully saturated rings. The largest absolute Gasteiger partial charge is 0.455 e. The summed E-state index contributed by atoms with van der Waals surface area (Å²) >= 11 is 18.6. The van der Waals surface area contributed by atoms with Gasteiger partial charge in [0.05, 0.1) is 17.1 Å². The van der Waals surface area contributed by atoms with Crippen LogP contribution >= 0.6 is 34.8 Å². The number of nitrogen functional groups attached to an aromatic ring is 3. The van der Waals surface area contributed by atoms with Gasteiger partial charge in [-0.15, -0.1) is 0 Å². The van der Waals surface area contributed by atoms with Crippen molar-refractivity contribution in [3.05, 3.63) is 87.4 Å². The summed E-state index contributed by atoms with van der Waals surface area (Å²) in [6.45, 7) is 0. The molecular weight excluding hydrogens is 605 g/mol. The van der Waals surface area contributed by atoms with Gasteiger partial charge in [-0.2, -0.15) is 0 Å². The molecule has 6 nitrogen and oxygen atoms in total. The predicted octanol–water partition coefficient (Wildman–Crippen LogP) is 10.3. The molecule has 4 bridgehead atoms. The summed E-state index contributed by atoms with van der Waals surface area (Å²) in [6.07, 6.45) is 6.19. The zero-order chi connectivity index (χ0) is 29.8. The molecule has 222 valence electrons. The average Bonchev–Trinajstić information content (AvgIpc) is 2.94. The van der Waals surface area contributed by atoms with E-state index in [-0.39, 0.29) is 5.92 Å². The molecule has 9 heteroatoms. The lowest BCUT2D eigenvalue weighted by atomic mass is 9.50. The number of hydrogen-bond acceptors (Lipinski definition) is 6. The normalized spacial score (nSPS) is 23.7. The summed E-state index contributed by atoms with van der Waals surface area (Å²) in [5, 5.41) is 1.58. The lowest BCUT2D eigenvalue weighted by Gasteiger charge is -2.54. The zero-order valence-electron chi connectivity index (χ0n) is 23.4. The number of hydrogen-bond donors (Lipinski definition) is 3. The van der Waals surface area contributed by atoms with Crippen molar-refractivity contribution in [3.63, 3.8) is 0 Å². The van der Waals surface area contributed by atoms with Crippen LogP contribution < -0.4 is 31.4 Å². The third-order valence-electron chi connectivity index (χ3n) is 9.22. The maximum absolute atomic E-state index is 6.66. The van der Waals surface area contributed by atoms with Crippen molar-refractivity contribution < 1.29 is 14.2 Å². The number of benzene rings is 4. The summed E-state index contributed by atoms with van der Waals surface area (Å²) in [5.74, 6) is 6.04. The van der Waals surface area contributed by atoms with Crippen LogP contribution in [0.1, 0.15) is 43.6 Å². The van der Waals surface area contributed by atoms with E-state index in [0.717, 1.165) is 17.4 Å². The Labute approximate surface area is 266 Å². The van der Waals surface area contributed by atoms with Crippen LogP contribution in [0.2, 0.25) is 15.1 Å². The Morgan fingerprint density at radius 2 is 0.884 bits per heavy atom. The molecule has 4 saturated carbocycles. The van der Waals surface area contributed by atoms with E-state index in [1.165, 1.54) is 32.1 Å². The quantitative estimate of drug-likeness (QED) is 0.174. The fourth-order valence-corrected chi connectivity index (χ4v) is 8.27. The van der Waals surface area contributed by atoms with Crippen LogP contribution in [-0.4, -0.2) is 0 Å². The van der Waals surface area contributed by atoms with Gasteiger partial charge >= 0.3 is 0 Å². The Balaban J connectivity index is 1.40. The molecule has 0 aliphatic heterocycles. The van der Waals surface area contributed by atoms with Crippen molar-refractivity contribution >= 4 is 51.9 Å². The van der Waals surface area contributed by atoms with Crippen LogP contribution in [0.25, 0.3) is 0 Å². The highest BCUT2D eigenvalue weighted by atomic mass is 35.5. The van der Waals surface area contributed by atoms with Gasteiger partial charge in [0.2, 0.25) is 0 Å². The van der Waals surface area contributed by atoms with E-state index < -0.39 is 0 Å². The first-order valence-corrected chi connectivity index (χ1v) is 15.7. The Bertz CT molecular complexity index is 1610. The molecule has 0 atom stereocenters. The minimum atomic E-state index is 0.245. The van der Waals surface area contributed by atoms with Crippen molar-refractivity contribution in [2.75, 3.05) is 17.2 Å². The third kappa shape index (κ3) is 5.64. The molecule has 6 N–H and O–H groups in total. The van der Waals surface area contributed by atoms with Gasteiger partial charge in [0, 0.05) is 32.8 Å². The van der Waals surface area contributed by atoms with Gasteiger partial charge in [-0.3, -0.25) is 0 Å². The predicted molar refractivity (Wildman–Crippen MR) is 174 cm³/mol. The minimum Gasteiger partial charge on any atom is -0.455 e. The second kappa shape index (κ2) is 11.2. The summed E-state index contributed by atoms with van der Waals surface area (Å²) < 4.78 is 19.6. The van der Waals surface area contributed by atoms with Gasteiger partial charge in [-0.25, -0.2) is 0 Å². The molecule has 0 unspecified atom stereocenters. The van der Waals surface area contributed by atoms with E-state index in [9.17, 15) is 0 Å². The SMILES string of the molecule is Nc1cc(Cl)ccc1Oc1cc(Oc2ccc(Cl)cc2N)c(C2C3CC4CC(C3)CC2C4)c(Oc2ccc(Cl)cc2N)c1. The molecule has 4 aliphatic carbocycles. The number of halogens is 3. The first-order valence-electron chi connectivity index (χ1n) is 14.6. The highest BCUT2D eigenvalue weighted by Gasteiger charge is 2.50. The Hall–Kier alpha value is -3.45. The standard InChI is InChI=1S/C34H32Cl3N3O3/c35-21-1-4-28(25(38)12-21)41-24-15-31(42-29-5-2-22(36)13-26(29)39)34(32(16-24)43-30-6-3-23(37)14-27(30)40)33-19-8-17-7-18(10-19)11-20(33)9-17/h1-6,12-20,33H,7-11,38-40H2. The molecule has 4 aromatic rings. The Kier molecular flexibility index (Phi) is 7.40. The summed E-state index contributed by atoms with van der Waals surface area (Å²) in [4.78, 5) is 0. The first-order chi connectivity index (χ1) is 20.7. The molecular formula is C34H32Cl3N3O3. The van der Waals surface area contributed by atoms with Crippen LogP contribution in [0.4, 0.5) is 17.1 Å². The first kappa shape index (κ1) is 28.3. The van der Waals surface area contributed by atoms with Gasteiger partial charge in [0.15, 0.2) is 0 Å². The van der Waals surface area contributed by atoms with Crippen molar-refractivity contribution in [1.29, 1.82) is 0 Å². The molecule has 0 radical (unpaired) electrons. The van der Waals surface area contributed by atoms with Gasteiger partial charge in [0.25, 0.3) is 0 Å². The molecule has 0 saturated heterocycles. The summed E-state index contributed by atoms with van der Waals surface area (Å²) in [7, 11) is 0. The lowest BCUT2D eigenvalue weighted by molar-refractivity contribution is -0.00396. The van der Waals surface area contributed by atoms with Crippen molar-refractivity contribution in [3.8, 4) is 34.5 Å². The summed E-state index contributed by atoms with van der Waals surface area (Å²) in [6, 6.07) is 19.3. The van der Waals surface area contributed by atoms with Crippen molar-refractivity contribution in [2.45, 2.75) is 38.0 Å². The molecule has 0 amide bonds. The molecule has 4 aliphatic rings. The van der Waals surface area contributed by atoms with Gasteiger partial charge in [-0.05, 0) is 116 Å². The second-order valence-corrected chi connectivity index (χ2v) is 13.5. The fourth-order valence-electron chi connectivity index (χ4n) is 7.73. The van der Waals surface area contributed by atoms with E-state index >= 15 is 0 Å². The minimum absolute atomic E-state index is 0.245.